The molecular weight excluding hydrogens is 334 g/mol. The number of pyridine rings is 1. The van der Waals surface area contributed by atoms with E-state index in [0.29, 0.717) is 0 Å². The van der Waals surface area contributed by atoms with Crippen LogP contribution in [0.15, 0.2) is 42.6 Å². The van der Waals surface area contributed by atoms with Gasteiger partial charge in [0.05, 0.1) is 17.3 Å². The van der Waals surface area contributed by atoms with Crippen molar-refractivity contribution in [1.29, 1.82) is 5.26 Å². The third-order valence-electron chi connectivity index (χ3n) is 2.75. The smallest absolute Gasteiger partial charge is 0.324 e. The van der Waals surface area contributed by atoms with Crippen molar-refractivity contribution in [3.63, 3.8) is 0 Å². The highest BCUT2D eigenvalue weighted by atomic mass is 32.2. The highest BCUT2D eigenvalue weighted by molar-refractivity contribution is 7.91. The van der Waals surface area contributed by atoms with Crippen LogP contribution in [0.25, 0.3) is 0 Å². The molecule has 2 aromatic rings. The first-order chi connectivity index (χ1) is 11.3. The minimum absolute atomic E-state index is 0.0160. The molecule has 0 aliphatic carbocycles. The zero-order chi connectivity index (χ0) is 17.7. The van der Waals surface area contributed by atoms with E-state index in [1.54, 1.807) is 4.72 Å². The van der Waals surface area contributed by atoms with Gasteiger partial charge >= 0.3 is 10.2 Å². The van der Waals surface area contributed by atoms with E-state index in [0.717, 1.165) is 12.3 Å². The Balaban J connectivity index is 2.16. The van der Waals surface area contributed by atoms with Crippen LogP contribution in [-0.4, -0.2) is 25.2 Å². The van der Waals surface area contributed by atoms with Gasteiger partial charge < -0.3 is 5.73 Å². The van der Waals surface area contributed by atoms with Crippen LogP contribution in [0.4, 0.5) is 5.69 Å². The third kappa shape index (κ3) is 4.28. The van der Waals surface area contributed by atoms with Gasteiger partial charge in [0.1, 0.15) is 5.69 Å². The van der Waals surface area contributed by atoms with Crippen LogP contribution in [0.2, 0.25) is 0 Å². The van der Waals surface area contributed by atoms with Gasteiger partial charge in [0.25, 0.3) is 5.91 Å². The third-order valence-corrected chi connectivity index (χ3v) is 3.71. The Morgan fingerprint density at radius 1 is 1.21 bits per heavy atom. The van der Waals surface area contributed by atoms with Crippen molar-refractivity contribution in [2.75, 3.05) is 4.72 Å². The fourth-order valence-corrected chi connectivity index (χ4v) is 2.55. The molecule has 122 valence electrons. The molecule has 0 unspecified atom stereocenters. The summed E-state index contributed by atoms with van der Waals surface area (Å²) in [6.45, 7) is 0. The van der Waals surface area contributed by atoms with Crippen LogP contribution >= 0.6 is 0 Å². The zero-order valence-electron chi connectivity index (χ0n) is 12.1. The van der Waals surface area contributed by atoms with E-state index in [2.05, 4.69) is 9.71 Å². The maximum absolute atomic E-state index is 12.0. The quantitative estimate of drug-likeness (QED) is 0.700. The molecule has 10 heteroatoms. The molecule has 2 rings (SSSR count). The summed E-state index contributed by atoms with van der Waals surface area (Å²) in [5, 5.41) is 8.78. The van der Waals surface area contributed by atoms with Crippen LogP contribution in [0.1, 0.15) is 26.4 Å². The number of nitrogens with zero attached hydrogens (tertiary/aromatic N) is 2. The molecule has 0 saturated heterocycles. The first kappa shape index (κ1) is 16.9. The molecule has 1 aromatic carbocycles. The van der Waals surface area contributed by atoms with Crippen LogP contribution in [0, 0.1) is 11.3 Å². The maximum atomic E-state index is 12.0. The number of primary amides is 1. The standard InChI is InChI=1S/C14H11N5O4S/c15-8-9-2-1-3-11(6-9)18-24(22,23)19-14(21)12-7-10(13(16)20)4-5-17-12/h1-7,18H,(H2,16,20)(H,19,21). The summed E-state index contributed by atoms with van der Waals surface area (Å²) in [6.07, 6.45) is 1.16. The molecule has 0 atom stereocenters. The largest absolute Gasteiger partial charge is 0.366 e. The number of carbonyl (C=O) groups is 2. The Bertz CT molecular complexity index is 950. The number of amides is 2. The second-order valence-corrected chi connectivity index (χ2v) is 5.94. The highest BCUT2D eigenvalue weighted by Gasteiger charge is 2.18. The summed E-state index contributed by atoms with van der Waals surface area (Å²) in [5.41, 5.74) is 5.16. The van der Waals surface area contributed by atoms with Crippen LogP contribution in [0.3, 0.4) is 0 Å². The monoisotopic (exact) mass is 345 g/mol. The molecular formula is C14H11N5O4S. The van der Waals surface area contributed by atoms with Crippen molar-refractivity contribution >= 4 is 27.7 Å². The molecule has 9 nitrogen and oxygen atoms in total. The molecule has 0 radical (unpaired) electrons. The fourth-order valence-electron chi connectivity index (χ4n) is 1.72. The van der Waals surface area contributed by atoms with Crippen LogP contribution in [0.5, 0.6) is 0 Å². The van der Waals surface area contributed by atoms with E-state index in [9.17, 15) is 18.0 Å². The van der Waals surface area contributed by atoms with Gasteiger partial charge in [0.15, 0.2) is 0 Å². The molecule has 1 aromatic heterocycles. The minimum atomic E-state index is -4.26. The second-order valence-electron chi connectivity index (χ2n) is 4.52. The first-order valence-corrected chi connectivity index (χ1v) is 7.90. The summed E-state index contributed by atoms with van der Waals surface area (Å²) in [6, 6.07) is 9.92. The lowest BCUT2D eigenvalue weighted by atomic mass is 10.2. The highest BCUT2D eigenvalue weighted by Crippen LogP contribution is 2.11. The average Bonchev–Trinajstić information content (AvgIpc) is 2.54. The Morgan fingerprint density at radius 2 is 1.96 bits per heavy atom. The lowest BCUT2D eigenvalue weighted by Crippen LogP contribution is -2.36. The maximum Gasteiger partial charge on any atom is 0.324 e. The summed E-state index contributed by atoms with van der Waals surface area (Å²) in [7, 11) is -4.26. The van der Waals surface area contributed by atoms with Crippen molar-refractivity contribution < 1.29 is 18.0 Å². The molecule has 0 bridgehead atoms. The summed E-state index contributed by atoms with van der Waals surface area (Å²) in [4.78, 5) is 26.7. The number of benzene rings is 1. The number of hydrogen-bond acceptors (Lipinski definition) is 6. The molecule has 1 heterocycles. The molecule has 0 aliphatic rings. The van der Waals surface area contributed by atoms with Crippen molar-refractivity contribution in [3.05, 3.63) is 59.4 Å². The van der Waals surface area contributed by atoms with Crippen molar-refractivity contribution in [3.8, 4) is 6.07 Å². The van der Waals surface area contributed by atoms with Gasteiger partial charge in [0, 0.05) is 11.8 Å². The lowest BCUT2D eigenvalue weighted by Gasteiger charge is -2.09. The minimum Gasteiger partial charge on any atom is -0.366 e. The second kappa shape index (κ2) is 6.76. The van der Waals surface area contributed by atoms with Gasteiger partial charge in [-0.15, -0.1) is 0 Å². The van der Waals surface area contributed by atoms with Gasteiger partial charge in [0.2, 0.25) is 5.91 Å². The number of hydrogen-bond donors (Lipinski definition) is 3. The molecule has 0 spiro atoms. The molecule has 0 fully saturated rings. The molecule has 0 saturated carbocycles. The topological polar surface area (TPSA) is 155 Å². The van der Waals surface area contributed by atoms with E-state index in [1.165, 1.54) is 30.3 Å². The molecule has 0 aliphatic heterocycles. The Morgan fingerprint density at radius 3 is 2.62 bits per heavy atom. The van der Waals surface area contributed by atoms with Crippen LogP contribution < -0.4 is 15.2 Å². The fraction of sp³-hybridized carbons (Fsp3) is 0. The SMILES string of the molecule is N#Cc1cccc(NS(=O)(=O)NC(=O)c2cc(C(N)=O)ccn2)c1. The van der Waals surface area contributed by atoms with Gasteiger partial charge in [-0.2, -0.15) is 13.7 Å². The number of carbonyl (C=O) groups excluding carboxylic acids is 2. The zero-order valence-corrected chi connectivity index (χ0v) is 12.9. The van der Waals surface area contributed by atoms with Crippen molar-refractivity contribution in [2.24, 2.45) is 5.73 Å². The Labute approximate surface area is 137 Å². The molecule has 4 N–H and O–H groups in total. The van der Waals surface area contributed by atoms with Gasteiger partial charge in [-0.3, -0.25) is 19.3 Å². The van der Waals surface area contributed by atoms with E-state index in [-0.39, 0.29) is 22.5 Å². The van der Waals surface area contributed by atoms with E-state index >= 15 is 0 Å². The normalized spacial score (nSPS) is 10.5. The van der Waals surface area contributed by atoms with E-state index in [1.807, 2.05) is 6.07 Å². The number of nitrogens with one attached hydrogen (secondary N) is 2. The number of anilines is 1. The predicted octanol–water partition coefficient (Wildman–Crippen LogP) is 0.139. The average molecular weight is 345 g/mol. The van der Waals surface area contributed by atoms with E-state index < -0.39 is 22.0 Å². The number of nitrogens with two attached hydrogens (primary N) is 1. The summed E-state index contributed by atoms with van der Waals surface area (Å²) in [5.74, 6) is -1.82. The van der Waals surface area contributed by atoms with Crippen molar-refractivity contribution in [2.45, 2.75) is 0 Å². The first-order valence-electron chi connectivity index (χ1n) is 6.41. The number of nitriles is 1. The molecule has 24 heavy (non-hydrogen) atoms. The van der Waals surface area contributed by atoms with Gasteiger partial charge in [-0.1, -0.05) is 6.07 Å². The number of rotatable bonds is 5. The number of aromatic nitrogens is 1. The van der Waals surface area contributed by atoms with Gasteiger partial charge in [-0.05, 0) is 30.3 Å². The van der Waals surface area contributed by atoms with Gasteiger partial charge in [-0.25, -0.2) is 4.72 Å². The predicted molar refractivity (Wildman–Crippen MR) is 83.9 cm³/mol. The van der Waals surface area contributed by atoms with Crippen molar-refractivity contribution in [1.82, 2.24) is 9.71 Å². The van der Waals surface area contributed by atoms with E-state index in [4.69, 9.17) is 11.0 Å². The van der Waals surface area contributed by atoms with Crippen LogP contribution in [-0.2, 0) is 10.2 Å². The summed E-state index contributed by atoms with van der Waals surface area (Å²) >= 11 is 0. The Hall–Kier alpha value is -3.45. The Kier molecular flexibility index (Phi) is 4.76. The molecule has 2 amide bonds. The lowest BCUT2D eigenvalue weighted by molar-refractivity contribution is 0.0977. The summed E-state index contributed by atoms with van der Waals surface area (Å²) < 4.78 is 27.8.